The number of ketones is 1. The Morgan fingerprint density at radius 2 is 2.00 bits per heavy atom. The number of nitrogen functional groups attached to an aromatic ring is 1. The molecule has 24 heavy (non-hydrogen) atoms. The van der Waals surface area contributed by atoms with Crippen LogP contribution in [0.3, 0.4) is 0 Å². The number of carbonyl (C=O) groups excluding carboxylic acids is 1. The lowest BCUT2D eigenvalue weighted by molar-refractivity contribution is -0.138. The van der Waals surface area contributed by atoms with Crippen LogP contribution in [0.2, 0.25) is 0 Å². The van der Waals surface area contributed by atoms with Crippen molar-refractivity contribution >= 4 is 34.0 Å². The summed E-state index contributed by atoms with van der Waals surface area (Å²) in [6.45, 7) is 1.60. The number of allylic oxidation sites excluding steroid dienone is 5. The van der Waals surface area contributed by atoms with E-state index in [0.717, 1.165) is 4.52 Å². The fourth-order valence-corrected chi connectivity index (χ4v) is 2.83. The number of nitrogens with two attached hydrogens (primary N) is 1. The van der Waals surface area contributed by atoms with Gasteiger partial charge in [-0.25, -0.2) is 0 Å². The van der Waals surface area contributed by atoms with Gasteiger partial charge in [0.15, 0.2) is 5.78 Å². The maximum absolute atomic E-state index is 12.7. The van der Waals surface area contributed by atoms with Gasteiger partial charge in [0.05, 0.1) is 5.56 Å². The number of halogens is 3. The molecule has 0 amide bonds. The highest BCUT2D eigenvalue weighted by molar-refractivity contribution is 7.16. The molecule has 0 aromatic carbocycles. The third kappa shape index (κ3) is 2.75. The van der Waals surface area contributed by atoms with Crippen LogP contribution in [0.15, 0.2) is 34.2 Å². The molecule has 0 atom stereocenters. The lowest BCUT2D eigenvalue weighted by atomic mass is 10.0. The highest BCUT2D eigenvalue weighted by atomic mass is 32.1. The molecule has 0 saturated heterocycles. The van der Waals surface area contributed by atoms with E-state index >= 15 is 0 Å². The van der Waals surface area contributed by atoms with Gasteiger partial charge in [0.25, 0.3) is 5.56 Å². The Balaban J connectivity index is 2.18. The minimum absolute atomic E-state index is 0.0930. The molecule has 1 aliphatic rings. The smallest absolute Gasteiger partial charge is 0.383 e. The Kier molecular flexibility index (Phi) is 3.63. The molecule has 0 bridgehead atoms. The molecule has 0 aliphatic heterocycles. The van der Waals surface area contributed by atoms with Crippen molar-refractivity contribution in [2.24, 2.45) is 0 Å². The molecule has 0 radical (unpaired) electrons. The third-order valence-corrected chi connectivity index (χ3v) is 4.20. The summed E-state index contributed by atoms with van der Waals surface area (Å²) >= 11 is 0.232. The van der Waals surface area contributed by atoms with E-state index < -0.39 is 16.7 Å². The van der Waals surface area contributed by atoms with Gasteiger partial charge in [0, 0.05) is 0 Å². The van der Waals surface area contributed by atoms with Crippen LogP contribution >= 0.6 is 11.3 Å². The SMILES string of the molecule is CC1=CC(=Cc2c(N)n3nc(C(F)(F)F)sc3nc2=O)C=CC1=O. The topological polar surface area (TPSA) is 90.3 Å². The Morgan fingerprint density at radius 3 is 2.62 bits per heavy atom. The molecule has 124 valence electrons. The molecule has 0 unspecified atom stereocenters. The van der Waals surface area contributed by atoms with Crippen molar-refractivity contribution in [3.63, 3.8) is 0 Å². The monoisotopic (exact) mass is 354 g/mol. The zero-order valence-corrected chi connectivity index (χ0v) is 12.9. The predicted molar refractivity (Wildman–Crippen MR) is 82.4 cm³/mol. The zero-order chi connectivity index (χ0) is 17.6. The van der Waals surface area contributed by atoms with E-state index in [2.05, 4.69) is 10.1 Å². The van der Waals surface area contributed by atoms with Crippen LogP contribution in [0.25, 0.3) is 11.0 Å². The number of nitrogens with zero attached hydrogens (tertiary/aromatic N) is 3. The van der Waals surface area contributed by atoms with Gasteiger partial charge in [-0.05, 0) is 36.3 Å². The van der Waals surface area contributed by atoms with Crippen LogP contribution in [-0.4, -0.2) is 20.4 Å². The fraction of sp³-hybridized carbons (Fsp3) is 0.143. The molecule has 2 aromatic rings. The van der Waals surface area contributed by atoms with Crippen LogP contribution in [0.5, 0.6) is 0 Å². The zero-order valence-electron chi connectivity index (χ0n) is 12.1. The molecule has 0 fully saturated rings. The maximum Gasteiger partial charge on any atom is 0.445 e. The second-order valence-electron chi connectivity index (χ2n) is 4.98. The number of alkyl halides is 3. The average Bonchev–Trinajstić information content (AvgIpc) is 2.91. The highest BCUT2D eigenvalue weighted by Gasteiger charge is 2.36. The first-order valence-electron chi connectivity index (χ1n) is 6.56. The summed E-state index contributed by atoms with van der Waals surface area (Å²) in [6, 6.07) is 0. The van der Waals surface area contributed by atoms with E-state index in [1.807, 2.05) is 0 Å². The molecule has 1 aliphatic carbocycles. The van der Waals surface area contributed by atoms with Crippen molar-refractivity contribution in [2.45, 2.75) is 13.1 Å². The number of hydrogen-bond donors (Lipinski definition) is 1. The van der Waals surface area contributed by atoms with E-state index in [0.29, 0.717) is 11.1 Å². The molecule has 10 heteroatoms. The van der Waals surface area contributed by atoms with Gasteiger partial charge >= 0.3 is 6.18 Å². The number of carbonyl (C=O) groups is 1. The average molecular weight is 354 g/mol. The van der Waals surface area contributed by atoms with Crippen molar-refractivity contribution in [3.8, 4) is 0 Å². The number of hydrogen-bond acceptors (Lipinski definition) is 6. The summed E-state index contributed by atoms with van der Waals surface area (Å²) in [4.78, 5) is 26.8. The second kappa shape index (κ2) is 5.41. The summed E-state index contributed by atoms with van der Waals surface area (Å²) in [5, 5.41) is 2.22. The number of fused-ring (bicyclic) bond motifs is 1. The van der Waals surface area contributed by atoms with E-state index in [-0.39, 0.29) is 33.5 Å². The van der Waals surface area contributed by atoms with Gasteiger partial charge in [0.1, 0.15) is 5.82 Å². The third-order valence-electron chi connectivity index (χ3n) is 3.24. The summed E-state index contributed by atoms with van der Waals surface area (Å²) in [7, 11) is 0. The summed E-state index contributed by atoms with van der Waals surface area (Å²) < 4.78 is 39.0. The standard InChI is InChI=1S/C14H9F3N4O2S/c1-6-4-7(2-3-9(6)22)5-8-10(18)21-13(19-11(8)23)24-12(20-21)14(15,16)17/h2-5H,18H2,1H3. The van der Waals surface area contributed by atoms with E-state index in [9.17, 15) is 22.8 Å². The van der Waals surface area contributed by atoms with Gasteiger partial charge in [0.2, 0.25) is 9.97 Å². The van der Waals surface area contributed by atoms with Gasteiger partial charge in [-0.1, -0.05) is 17.4 Å². The van der Waals surface area contributed by atoms with Gasteiger partial charge in [-0.15, -0.1) is 5.10 Å². The Labute approximate surface area is 136 Å². The molecular formula is C14H9F3N4O2S. The molecule has 6 nitrogen and oxygen atoms in total. The lowest BCUT2D eigenvalue weighted by Gasteiger charge is -2.06. The van der Waals surface area contributed by atoms with Crippen LogP contribution in [-0.2, 0) is 11.0 Å². The highest BCUT2D eigenvalue weighted by Crippen LogP contribution is 2.33. The van der Waals surface area contributed by atoms with Gasteiger partial charge in [-0.2, -0.15) is 22.7 Å². The molecule has 3 rings (SSSR count). The van der Waals surface area contributed by atoms with Crippen molar-refractivity contribution in [1.29, 1.82) is 0 Å². The number of rotatable bonds is 1. The van der Waals surface area contributed by atoms with Crippen LogP contribution in [0, 0.1) is 0 Å². The first kappa shape index (κ1) is 16.1. The van der Waals surface area contributed by atoms with Crippen LogP contribution < -0.4 is 11.3 Å². The van der Waals surface area contributed by atoms with Gasteiger partial charge in [-0.3, -0.25) is 9.59 Å². The second-order valence-corrected chi connectivity index (χ2v) is 5.94. The normalized spacial score (nSPS) is 16.9. The lowest BCUT2D eigenvalue weighted by Crippen LogP contribution is -2.17. The molecule has 0 spiro atoms. The number of aromatic nitrogens is 3. The van der Waals surface area contributed by atoms with Crippen molar-refractivity contribution in [3.05, 3.63) is 50.3 Å². The molecule has 0 saturated carbocycles. The Morgan fingerprint density at radius 1 is 1.29 bits per heavy atom. The first-order chi connectivity index (χ1) is 11.2. The summed E-state index contributed by atoms with van der Waals surface area (Å²) in [5.41, 5.74) is 5.90. The first-order valence-corrected chi connectivity index (χ1v) is 7.37. The quantitative estimate of drug-likeness (QED) is 0.848. The Hall–Kier alpha value is -2.75. The Bertz CT molecular complexity index is 1010. The van der Waals surface area contributed by atoms with Gasteiger partial charge < -0.3 is 5.73 Å². The largest absolute Gasteiger partial charge is 0.445 e. The van der Waals surface area contributed by atoms with Crippen molar-refractivity contribution < 1.29 is 18.0 Å². The fourth-order valence-electron chi connectivity index (χ4n) is 2.06. The molecule has 2 aromatic heterocycles. The molecule has 2 N–H and O–H groups in total. The van der Waals surface area contributed by atoms with E-state index in [4.69, 9.17) is 5.73 Å². The van der Waals surface area contributed by atoms with Crippen LogP contribution in [0.4, 0.5) is 19.0 Å². The number of anilines is 1. The minimum atomic E-state index is -4.65. The predicted octanol–water partition coefficient (Wildman–Crippen LogP) is 2.22. The van der Waals surface area contributed by atoms with Crippen molar-refractivity contribution in [1.82, 2.24) is 14.6 Å². The van der Waals surface area contributed by atoms with E-state index in [1.54, 1.807) is 6.92 Å². The van der Waals surface area contributed by atoms with Crippen LogP contribution in [0.1, 0.15) is 17.5 Å². The minimum Gasteiger partial charge on any atom is -0.383 e. The summed E-state index contributed by atoms with van der Waals surface area (Å²) in [6.07, 6.45) is 1.05. The van der Waals surface area contributed by atoms with Crippen molar-refractivity contribution in [2.75, 3.05) is 5.73 Å². The summed E-state index contributed by atoms with van der Waals surface area (Å²) in [5.74, 6) is -0.416. The molecular weight excluding hydrogens is 345 g/mol. The maximum atomic E-state index is 12.7. The molecule has 2 heterocycles. The van der Waals surface area contributed by atoms with E-state index in [1.165, 1.54) is 24.3 Å².